The van der Waals surface area contributed by atoms with Crippen LogP contribution in [0.25, 0.3) is 0 Å². The molecule has 2 aliphatic carbocycles. The van der Waals surface area contributed by atoms with Gasteiger partial charge in [0.25, 0.3) is 0 Å². The lowest BCUT2D eigenvalue weighted by molar-refractivity contribution is -0.135. The Bertz CT molecular complexity index is 467. The van der Waals surface area contributed by atoms with Gasteiger partial charge in [0.1, 0.15) is 0 Å². The summed E-state index contributed by atoms with van der Waals surface area (Å²) in [5, 5.41) is 0. The minimum Gasteiger partial charge on any atom is -0.336 e. The van der Waals surface area contributed by atoms with E-state index in [1.165, 1.54) is 84.0 Å². The monoisotopic (exact) mass is 362 g/mol. The lowest BCUT2D eigenvalue weighted by Gasteiger charge is -2.39. The van der Waals surface area contributed by atoms with Crippen molar-refractivity contribution in [3.05, 3.63) is 0 Å². The number of nitrogens with zero attached hydrogens (tertiary/aromatic N) is 4. The molecule has 0 aromatic carbocycles. The number of hydrogen-bond donors (Lipinski definition) is 0. The summed E-state index contributed by atoms with van der Waals surface area (Å²) in [5.41, 5.74) is 0. The average Bonchev–Trinajstić information content (AvgIpc) is 3.37. The molecule has 4 aliphatic rings. The van der Waals surface area contributed by atoms with Gasteiger partial charge in [-0.2, -0.15) is 0 Å². The molecule has 0 radical (unpaired) electrons. The first-order valence-corrected chi connectivity index (χ1v) is 11.2. The molecule has 2 saturated carbocycles. The summed E-state index contributed by atoms with van der Waals surface area (Å²) in [7, 11) is 2.23. The Kier molecular flexibility index (Phi) is 6.17. The predicted octanol–water partition coefficient (Wildman–Crippen LogP) is 2.02. The molecule has 2 saturated heterocycles. The van der Waals surface area contributed by atoms with Gasteiger partial charge in [0.05, 0.1) is 6.54 Å². The summed E-state index contributed by atoms with van der Waals surface area (Å²) < 4.78 is 0. The van der Waals surface area contributed by atoms with E-state index < -0.39 is 0 Å². The van der Waals surface area contributed by atoms with Crippen molar-refractivity contribution in [1.82, 2.24) is 19.6 Å². The molecule has 0 aromatic rings. The van der Waals surface area contributed by atoms with Crippen molar-refractivity contribution in [2.24, 2.45) is 0 Å². The molecule has 5 nitrogen and oxygen atoms in total. The van der Waals surface area contributed by atoms with Gasteiger partial charge < -0.3 is 9.80 Å². The van der Waals surface area contributed by atoms with E-state index in [2.05, 4.69) is 26.6 Å². The summed E-state index contributed by atoms with van der Waals surface area (Å²) in [6.07, 6.45) is 11.5. The van der Waals surface area contributed by atoms with Crippen molar-refractivity contribution in [2.75, 3.05) is 52.9 Å². The molecule has 2 aliphatic heterocycles. The molecule has 0 aromatic heterocycles. The lowest BCUT2D eigenvalue weighted by atomic mass is 10.1. The van der Waals surface area contributed by atoms with E-state index >= 15 is 0 Å². The fourth-order valence-electron chi connectivity index (χ4n) is 5.34. The van der Waals surface area contributed by atoms with E-state index in [0.29, 0.717) is 30.6 Å². The maximum absolute atomic E-state index is 13.2. The molecular formula is C21H38N4O. The molecule has 26 heavy (non-hydrogen) atoms. The van der Waals surface area contributed by atoms with Gasteiger partial charge in [-0.1, -0.05) is 19.3 Å². The molecule has 1 amide bonds. The summed E-state index contributed by atoms with van der Waals surface area (Å²) >= 11 is 0. The van der Waals surface area contributed by atoms with Crippen LogP contribution in [0.2, 0.25) is 0 Å². The maximum Gasteiger partial charge on any atom is 0.237 e. The maximum atomic E-state index is 13.2. The molecule has 1 atom stereocenters. The van der Waals surface area contributed by atoms with Gasteiger partial charge in [-0.15, -0.1) is 0 Å². The third-order valence-corrected chi connectivity index (χ3v) is 7.09. The molecule has 0 spiro atoms. The number of piperazine rings is 1. The van der Waals surface area contributed by atoms with Gasteiger partial charge in [-0.05, 0) is 52.1 Å². The lowest BCUT2D eigenvalue weighted by Crippen LogP contribution is -2.53. The van der Waals surface area contributed by atoms with E-state index in [0.717, 1.165) is 13.1 Å². The molecule has 4 fully saturated rings. The van der Waals surface area contributed by atoms with Crippen molar-refractivity contribution < 1.29 is 4.79 Å². The number of carbonyl (C=O) groups excluding carboxylic acids is 1. The molecule has 2 heterocycles. The van der Waals surface area contributed by atoms with Crippen LogP contribution in [-0.2, 0) is 4.79 Å². The molecule has 148 valence electrons. The summed E-state index contributed by atoms with van der Waals surface area (Å²) in [6, 6.07) is 1.78. The Hall–Kier alpha value is -0.650. The van der Waals surface area contributed by atoms with Crippen molar-refractivity contribution >= 4 is 5.91 Å². The molecule has 5 heteroatoms. The van der Waals surface area contributed by atoms with E-state index in [-0.39, 0.29) is 0 Å². The van der Waals surface area contributed by atoms with Crippen molar-refractivity contribution in [1.29, 1.82) is 0 Å². The normalized spacial score (nSPS) is 30.4. The highest BCUT2D eigenvalue weighted by Crippen LogP contribution is 2.34. The zero-order chi connectivity index (χ0) is 17.9. The number of amides is 1. The minimum atomic E-state index is 0.429. The highest BCUT2D eigenvalue weighted by Gasteiger charge is 2.39. The standard InChI is InChI=1S/C21H38N4O/c1-22-12-14-24(15-13-22)20-8-4-5-11-23(16-20)17-21(26)25(19-9-10-19)18-6-2-3-7-18/h18-20H,2-17H2,1H3/t20-/m0/s1. The second-order valence-corrected chi connectivity index (χ2v) is 9.19. The average molecular weight is 363 g/mol. The summed E-state index contributed by atoms with van der Waals surface area (Å²) in [6.45, 7) is 7.63. The Morgan fingerprint density at radius 3 is 2.19 bits per heavy atom. The topological polar surface area (TPSA) is 30.0 Å². The SMILES string of the molecule is CN1CCN([C@H]2CCCCN(CC(=O)N(C3CCCC3)C3CC3)C2)CC1. The van der Waals surface area contributed by atoms with Crippen LogP contribution in [0.15, 0.2) is 0 Å². The fourth-order valence-corrected chi connectivity index (χ4v) is 5.34. The van der Waals surface area contributed by atoms with Gasteiger partial charge in [0.2, 0.25) is 5.91 Å². The third-order valence-electron chi connectivity index (χ3n) is 7.09. The van der Waals surface area contributed by atoms with Crippen LogP contribution >= 0.6 is 0 Å². The first kappa shape index (κ1) is 18.7. The van der Waals surface area contributed by atoms with Crippen LogP contribution in [0.4, 0.5) is 0 Å². The largest absolute Gasteiger partial charge is 0.336 e. The number of carbonyl (C=O) groups is 1. The van der Waals surface area contributed by atoms with Crippen LogP contribution in [0.3, 0.4) is 0 Å². The highest BCUT2D eigenvalue weighted by molar-refractivity contribution is 5.79. The van der Waals surface area contributed by atoms with E-state index in [9.17, 15) is 4.79 Å². The van der Waals surface area contributed by atoms with Crippen LogP contribution < -0.4 is 0 Å². The molecule has 0 unspecified atom stereocenters. The Morgan fingerprint density at radius 1 is 0.846 bits per heavy atom. The van der Waals surface area contributed by atoms with Crippen LogP contribution in [0.5, 0.6) is 0 Å². The van der Waals surface area contributed by atoms with Crippen LogP contribution in [0.1, 0.15) is 57.8 Å². The predicted molar refractivity (Wildman–Crippen MR) is 105 cm³/mol. The number of hydrogen-bond acceptors (Lipinski definition) is 4. The summed E-state index contributed by atoms with van der Waals surface area (Å²) in [4.78, 5) is 23.1. The second kappa shape index (κ2) is 8.57. The third kappa shape index (κ3) is 4.60. The number of rotatable bonds is 5. The first-order valence-electron chi connectivity index (χ1n) is 11.2. The van der Waals surface area contributed by atoms with E-state index in [1.54, 1.807) is 0 Å². The van der Waals surface area contributed by atoms with Gasteiger partial charge in [0.15, 0.2) is 0 Å². The first-order chi connectivity index (χ1) is 12.7. The van der Waals surface area contributed by atoms with Gasteiger partial charge in [-0.25, -0.2) is 0 Å². The van der Waals surface area contributed by atoms with E-state index in [4.69, 9.17) is 0 Å². The number of likely N-dealkylation sites (N-methyl/N-ethyl adjacent to an activating group) is 1. The van der Waals surface area contributed by atoms with Crippen LogP contribution in [0, 0.1) is 0 Å². The van der Waals surface area contributed by atoms with Gasteiger partial charge in [0, 0.05) is 50.8 Å². The Labute approximate surface area is 159 Å². The van der Waals surface area contributed by atoms with Crippen molar-refractivity contribution in [2.45, 2.75) is 75.9 Å². The van der Waals surface area contributed by atoms with Crippen molar-refractivity contribution in [3.8, 4) is 0 Å². The number of likely N-dealkylation sites (tertiary alicyclic amines) is 1. The second-order valence-electron chi connectivity index (χ2n) is 9.19. The van der Waals surface area contributed by atoms with Gasteiger partial charge >= 0.3 is 0 Å². The fraction of sp³-hybridized carbons (Fsp3) is 0.952. The Morgan fingerprint density at radius 2 is 1.50 bits per heavy atom. The minimum absolute atomic E-state index is 0.429. The molecule has 0 N–H and O–H groups in total. The Balaban J connectivity index is 1.34. The van der Waals surface area contributed by atoms with Gasteiger partial charge in [-0.3, -0.25) is 14.6 Å². The molecule has 0 bridgehead atoms. The highest BCUT2D eigenvalue weighted by atomic mass is 16.2. The quantitative estimate of drug-likeness (QED) is 0.749. The van der Waals surface area contributed by atoms with Crippen molar-refractivity contribution in [3.63, 3.8) is 0 Å². The zero-order valence-corrected chi connectivity index (χ0v) is 16.7. The van der Waals surface area contributed by atoms with E-state index in [1.807, 2.05) is 0 Å². The molecular weight excluding hydrogens is 324 g/mol. The molecule has 4 rings (SSSR count). The van der Waals surface area contributed by atoms with Crippen LogP contribution in [-0.4, -0.2) is 96.5 Å². The zero-order valence-electron chi connectivity index (χ0n) is 16.7. The summed E-state index contributed by atoms with van der Waals surface area (Å²) in [5.74, 6) is 0.429. The smallest absolute Gasteiger partial charge is 0.237 e.